The Morgan fingerprint density at radius 3 is 2.67 bits per heavy atom. The molecule has 0 unspecified atom stereocenters. The lowest BCUT2D eigenvalue weighted by Crippen LogP contribution is -2.23. The molecule has 0 spiro atoms. The van der Waals surface area contributed by atoms with Crippen LogP contribution < -0.4 is 19.9 Å². The van der Waals surface area contributed by atoms with Gasteiger partial charge in [0.05, 0.1) is 25.1 Å². The number of hydrogen-bond acceptors (Lipinski definition) is 5. The number of H-pyrrole nitrogens is 1. The van der Waals surface area contributed by atoms with Crippen molar-refractivity contribution in [1.29, 1.82) is 0 Å². The van der Waals surface area contributed by atoms with Crippen molar-refractivity contribution < 1.29 is 9.47 Å². The van der Waals surface area contributed by atoms with E-state index in [0.29, 0.717) is 23.4 Å². The lowest BCUT2D eigenvalue weighted by atomic mass is 10.2. The number of methoxy groups -OCH3 is 2. The molecule has 1 N–H and O–H groups in total. The summed E-state index contributed by atoms with van der Waals surface area (Å²) in [5.74, 6) is 1.97. The van der Waals surface area contributed by atoms with Crippen molar-refractivity contribution >= 4 is 16.9 Å². The van der Waals surface area contributed by atoms with Crippen LogP contribution in [0.2, 0.25) is 0 Å². The molecule has 0 saturated heterocycles. The van der Waals surface area contributed by atoms with Crippen LogP contribution >= 0.6 is 0 Å². The average Bonchev–Trinajstić information content (AvgIpc) is 2.62. The quantitative estimate of drug-likeness (QED) is 0.781. The predicted molar refractivity (Wildman–Crippen MR) is 94.0 cm³/mol. The van der Waals surface area contributed by atoms with E-state index in [2.05, 4.69) is 9.97 Å². The van der Waals surface area contributed by atoms with E-state index in [1.807, 2.05) is 48.3 Å². The monoisotopic (exact) mass is 325 g/mol. The Labute approximate surface area is 139 Å². The molecule has 2 aromatic carbocycles. The number of para-hydroxylation sites is 1. The zero-order chi connectivity index (χ0) is 17.1. The number of nitrogens with one attached hydrogen (secondary N) is 1. The summed E-state index contributed by atoms with van der Waals surface area (Å²) in [6.07, 6.45) is 0. The minimum absolute atomic E-state index is 0.149. The number of aromatic amines is 1. The molecule has 24 heavy (non-hydrogen) atoms. The van der Waals surface area contributed by atoms with Crippen molar-refractivity contribution in [3.05, 3.63) is 58.4 Å². The molecule has 0 bridgehead atoms. The van der Waals surface area contributed by atoms with Gasteiger partial charge >= 0.3 is 0 Å². The molecule has 6 nitrogen and oxygen atoms in total. The van der Waals surface area contributed by atoms with Gasteiger partial charge in [-0.25, -0.2) is 4.98 Å². The van der Waals surface area contributed by atoms with Gasteiger partial charge in [-0.15, -0.1) is 0 Å². The minimum atomic E-state index is -0.149. The van der Waals surface area contributed by atoms with E-state index in [0.717, 1.165) is 17.1 Å². The zero-order valence-corrected chi connectivity index (χ0v) is 13.9. The predicted octanol–water partition coefficient (Wildman–Crippen LogP) is 2.58. The molecule has 0 aliphatic heterocycles. The van der Waals surface area contributed by atoms with Gasteiger partial charge in [0.2, 0.25) is 5.95 Å². The highest BCUT2D eigenvalue weighted by atomic mass is 16.5. The number of rotatable bonds is 5. The van der Waals surface area contributed by atoms with Gasteiger partial charge < -0.3 is 14.4 Å². The van der Waals surface area contributed by atoms with Crippen LogP contribution in [0.4, 0.5) is 5.95 Å². The van der Waals surface area contributed by atoms with Gasteiger partial charge in [0, 0.05) is 25.2 Å². The molecular weight excluding hydrogens is 306 g/mol. The Morgan fingerprint density at radius 2 is 1.92 bits per heavy atom. The van der Waals surface area contributed by atoms with Crippen molar-refractivity contribution in [1.82, 2.24) is 9.97 Å². The lowest BCUT2D eigenvalue weighted by molar-refractivity contribution is 0.391. The van der Waals surface area contributed by atoms with Crippen LogP contribution in [0.5, 0.6) is 11.5 Å². The number of ether oxygens (including phenoxy) is 2. The van der Waals surface area contributed by atoms with Crippen LogP contribution in [0, 0.1) is 0 Å². The third-order valence-electron chi connectivity index (χ3n) is 3.86. The van der Waals surface area contributed by atoms with Gasteiger partial charge in [-0.3, -0.25) is 9.78 Å². The van der Waals surface area contributed by atoms with Crippen LogP contribution in [0.1, 0.15) is 5.56 Å². The topological polar surface area (TPSA) is 67.5 Å². The Hall–Kier alpha value is -3.02. The molecule has 3 aromatic rings. The standard InChI is InChI=1S/C18H19N3O3/c1-21(11-12-8-9-13(23-2)10-16(12)24-3)18-19-15-7-5-4-6-14(15)17(22)20-18/h4-10H,11H2,1-3H3,(H,19,20,22). The Bertz CT molecular complexity index is 921. The third-order valence-corrected chi connectivity index (χ3v) is 3.86. The highest BCUT2D eigenvalue weighted by Crippen LogP contribution is 2.26. The SMILES string of the molecule is COc1ccc(CN(C)c2nc3ccccc3c(=O)[nH]2)c(OC)c1. The molecule has 124 valence electrons. The van der Waals surface area contributed by atoms with Gasteiger partial charge in [-0.2, -0.15) is 0 Å². The van der Waals surface area contributed by atoms with Crippen molar-refractivity contribution in [2.24, 2.45) is 0 Å². The number of hydrogen-bond donors (Lipinski definition) is 1. The average molecular weight is 325 g/mol. The summed E-state index contributed by atoms with van der Waals surface area (Å²) < 4.78 is 10.6. The second-order valence-electron chi connectivity index (χ2n) is 5.44. The van der Waals surface area contributed by atoms with E-state index >= 15 is 0 Å². The van der Waals surface area contributed by atoms with Gasteiger partial charge in [0.15, 0.2) is 0 Å². The summed E-state index contributed by atoms with van der Waals surface area (Å²) in [7, 11) is 5.11. The van der Waals surface area contributed by atoms with Gasteiger partial charge in [-0.05, 0) is 24.3 Å². The molecule has 0 aliphatic rings. The maximum atomic E-state index is 12.2. The first-order chi connectivity index (χ1) is 11.6. The van der Waals surface area contributed by atoms with Crippen molar-refractivity contribution in [3.63, 3.8) is 0 Å². The second-order valence-corrected chi connectivity index (χ2v) is 5.44. The van der Waals surface area contributed by atoms with Crippen molar-refractivity contribution in [3.8, 4) is 11.5 Å². The molecular formula is C18H19N3O3. The van der Waals surface area contributed by atoms with E-state index in [1.54, 1.807) is 20.3 Å². The summed E-state index contributed by atoms with van der Waals surface area (Å²) in [5, 5.41) is 0.580. The molecule has 3 rings (SSSR count). The van der Waals surface area contributed by atoms with E-state index < -0.39 is 0 Å². The number of nitrogens with zero attached hydrogens (tertiary/aromatic N) is 2. The van der Waals surface area contributed by atoms with Gasteiger partial charge in [-0.1, -0.05) is 12.1 Å². The second kappa shape index (κ2) is 6.62. The third kappa shape index (κ3) is 3.03. The summed E-state index contributed by atoms with van der Waals surface area (Å²) in [5.41, 5.74) is 1.49. The number of benzene rings is 2. The molecule has 1 aromatic heterocycles. The van der Waals surface area contributed by atoms with Crippen molar-refractivity contribution in [2.75, 3.05) is 26.2 Å². The summed E-state index contributed by atoms with van der Waals surface area (Å²) >= 11 is 0. The molecule has 0 fully saturated rings. The normalized spacial score (nSPS) is 10.6. The van der Waals surface area contributed by atoms with Crippen LogP contribution in [0.25, 0.3) is 10.9 Å². The molecule has 0 atom stereocenters. The highest BCUT2D eigenvalue weighted by molar-refractivity contribution is 5.78. The smallest absolute Gasteiger partial charge is 0.260 e. The van der Waals surface area contributed by atoms with Crippen LogP contribution in [-0.2, 0) is 6.54 Å². The van der Waals surface area contributed by atoms with E-state index in [4.69, 9.17) is 9.47 Å². The lowest BCUT2D eigenvalue weighted by Gasteiger charge is -2.19. The molecule has 0 aliphatic carbocycles. The first-order valence-electron chi connectivity index (χ1n) is 7.53. The Morgan fingerprint density at radius 1 is 1.12 bits per heavy atom. The van der Waals surface area contributed by atoms with Gasteiger partial charge in [0.1, 0.15) is 11.5 Å². The Balaban J connectivity index is 1.93. The molecule has 0 radical (unpaired) electrons. The van der Waals surface area contributed by atoms with Gasteiger partial charge in [0.25, 0.3) is 5.56 Å². The summed E-state index contributed by atoms with van der Waals surface area (Å²) in [6, 6.07) is 12.9. The summed E-state index contributed by atoms with van der Waals surface area (Å²) in [6.45, 7) is 0.536. The molecule has 0 amide bonds. The van der Waals surface area contributed by atoms with E-state index in [9.17, 15) is 4.79 Å². The molecule has 6 heteroatoms. The van der Waals surface area contributed by atoms with E-state index in [1.165, 1.54) is 0 Å². The number of aromatic nitrogens is 2. The molecule has 0 saturated carbocycles. The minimum Gasteiger partial charge on any atom is -0.497 e. The number of fused-ring (bicyclic) bond motifs is 1. The zero-order valence-electron chi connectivity index (χ0n) is 13.9. The summed E-state index contributed by atoms with van der Waals surface area (Å²) in [4.78, 5) is 21.4. The highest BCUT2D eigenvalue weighted by Gasteiger charge is 2.11. The fraction of sp³-hybridized carbons (Fsp3) is 0.222. The van der Waals surface area contributed by atoms with Crippen molar-refractivity contribution in [2.45, 2.75) is 6.54 Å². The largest absolute Gasteiger partial charge is 0.497 e. The van der Waals surface area contributed by atoms with Crippen LogP contribution in [0.15, 0.2) is 47.3 Å². The number of anilines is 1. The fourth-order valence-corrected chi connectivity index (χ4v) is 2.57. The Kier molecular flexibility index (Phi) is 4.37. The first kappa shape index (κ1) is 15.9. The fourth-order valence-electron chi connectivity index (χ4n) is 2.57. The van der Waals surface area contributed by atoms with Crippen LogP contribution in [0.3, 0.4) is 0 Å². The van der Waals surface area contributed by atoms with Crippen LogP contribution in [-0.4, -0.2) is 31.2 Å². The molecule has 1 heterocycles. The maximum Gasteiger partial charge on any atom is 0.260 e. The maximum absolute atomic E-state index is 12.2. The van der Waals surface area contributed by atoms with E-state index in [-0.39, 0.29) is 5.56 Å². The first-order valence-corrected chi connectivity index (χ1v) is 7.53.